The van der Waals surface area contributed by atoms with Crippen LogP contribution < -0.4 is 16.4 Å². The smallest absolute Gasteiger partial charge is 0.323 e. The number of carbonyl (C=O) groups is 1. The van der Waals surface area contributed by atoms with Crippen molar-refractivity contribution in [2.75, 3.05) is 11.1 Å². The maximum absolute atomic E-state index is 11.5. The van der Waals surface area contributed by atoms with Crippen LogP contribution in [-0.2, 0) is 0 Å². The lowest BCUT2D eigenvalue weighted by molar-refractivity contribution is 0.255. The van der Waals surface area contributed by atoms with Gasteiger partial charge in [-0.1, -0.05) is 17.7 Å². The zero-order chi connectivity index (χ0) is 12.3. The molecule has 1 aromatic carbocycles. The van der Waals surface area contributed by atoms with E-state index in [9.17, 15) is 4.79 Å². The van der Waals surface area contributed by atoms with Crippen LogP contribution in [0.3, 0.4) is 0 Å². The van der Waals surface area contributed by atoms with Gasteiger partial charge in [-0.2, -0.15) is 0 Å². The van der Waals surface area contributed by atoms with Crippen LogP contribution in [-0.4, -0.2) is 6.03 Å². The Morgan fingerprint density at radius 3 is 2.88 bits per heavy atom. The van der Waals surface area contributed by atoms with Crippen LogP contribution in [0.5, 0.6) is 0 Å². The molecule has 1 fully saturated rings. The fraction of sp³-hybridized carbons (Fsp3) is 0.250. The SMILES string of the molecule is Nc1ccc(NC(=O)N/C=C/C2CC2)c(Cl)c1. The fourth-order valence-corrected chi connectivity index (χ4v) is 1.58. The molecule has 2 amide bonds. The van der Waals surface area contributed by atoms with Gasteiger partial charge in [0.2, 0.25) is 0 Å². The summed E-state index contributed by atoms with van der Waals surface area (Å²) in [5, 5.41) is 5.69. The molecule has 0 heterocycles. The molecule has 1 aromatic rings. The Hall–Kier alpha value is -1.68. The number of benzene rings is 1. The van der Waals surface area contributed by atoms with E-state index in [4.69, 9.17) is 17.3 Å². The molecule has 0 unspecified atom stereocenters. The number of nitrogen functional groups attached to an aromatic ring is 1. The molecule has 0 aliphatic heterocycles. The third-order valence-electron chi connectivity index (χ3n) is 2.45. The highest BCUT2D eigenvalue weighted by atomic mass is 35.5. The van der Waals surface area contributed by atoms with Gasteiger partial charge in [-0.25, -0.2) is 4.79 Å². The van der Waals surface area contributed by atoms with Crippen LogP contribution in [0.2, 0.25) is 5.02 Å². The Balaban J connectivity index is 1.88. The largest absolute Gasteiger partial charge is 0.399 e. The topological polar surface area (TPSA) is 67.1 Å². The molecule has 1 aliphatic rings. The monoisotopic (exact) mass is 251 g/mol. The molecule has 0 aromatic heterocycles. The summed E-state index contributed by atoms with van der Waals surface area (Å²) in [7, 11) is 0. The van der Waals surface area contributed by atoms with Gasteiger partial charge in [0, 0.05) is 11.9 Å². The first-order chi connectivity index (χ1) is 8.15. The van der Waals surface area contributed by atoms with Gasteiger partial charge in [0.15, 0.2) is 0 Å². The summed E-state index contributed by atoms with van der Waals surface area (Å²) in [5.41, 5.74) is 6.66. The number of halogens is 1. The van der Waals surface area contributed by atoms with E-state index in [2.05, 4.69) is 10.6 Å². The summed E-state index contributed by atoms with van der Waals surface area (Å²) < 4.78 is 0. The lowest BCUT2D eigenvalue weighted by atomic mass is 10.3. The molecule has 90 valence electrons. The van der Waals surface area contributed by atoms with E-state index in [1.165, 1.54) is 12.8 Å². The minimum atomic E-state index is -0.312. The molecule has 0 atom stereocenters. The Kier molecular flexibility index (Phi) is 3.54. The van der Waals surface area contributed by atoms with Gasteiger partial charge in [0.05, 0.1) is 10.7 Å². The van der Waals surface area contributed by atoms with Crippen molar-refractivity contribution in [2.24, 2.45) is 5.92 Å². The van der Waals surface area contributed by atoms with Gasteiger partial charge in [-0.3, -0.25) is 0 Å². The molecule has 1 aliphatic carbocycles. The van der Waals surface area contributed by atoms with Crippen molar-refractivity contribution >= 4 is 29.0 Å². The number of carbonyl (C=O) groups excluding carboxylic acids is 1. The predicted molar refractivity (Wildman–Crippen MR) is 69.9 cm³/mol. The van der Waals surface area contributed by atoms with Crippen LogP contribution in [0.15, 0.2) is 30.5 Å². The zero-order valence-corrected chi connectivity index (χ0v) is 10.00. The van der Waals surface area contributed by atoms with Crippen molar-refractivity contribution < 1.29 is 4.79 Å². The average molecular weight is 252 g/mol. The molecular formula is C12H14ClN3O. The molecule has 0 radical (unpaired) electrons. The second-order valence-corrected chi connectivity index (χ2v) is 4.44. The maximum atomic E-state index is 11.5. The Morgan fingerprint density at radius 1 is 1.47 bits per heavy atom. The number of hydrogen-bond donors (Lipinski definition) is 3. The van der Waals surface area contributed by atoms with E-state index in [0.29, 0.717) is 22.3 Å². The van der Waals surface area contributed by atoms with E-state index < -0.39 is 0 Å². The van der Waals surface area contributed by atoms with Crippen molar-refractivity contribution in [1.82, 2.24) is 5.32 Å². The van der Waals surface area contributed by atoms with E-state index in [1.807, 2.05) is 6.08 Å². The van der Waals surface area contributed by atoms with Crippen LogP contribution in [0.1, 0.15) is 12.8 Å². The number of nitrogens with one attached hydrogen (secondary N) is 2. The van der Waals surface area contributed by atoms with Crippen molar-refractivity contribution in [3.63, 3.8) is 0 Å². The van der Waals surface area contributed by atoms with Crippen molar-refractivity contribution in [2.45, 2.75) is 12.8 Å². The summed E-state index contributed by atoms with van der Waals surface area (Å²) in [6, 6.07) is 4.63. The lowest BCUT2D eigenvalue weighted by Gasteiger charge is -2.07. The molecule has 0 saturated heterocycles. The highest BCUT2D eigenvalue weighted by Crippen LogP contribution is 2.29. The maximum Gasteiger partial charge on any atom is 0.323 e. The van der Waals surface area contributed by atoms with Crippen molar-refractivity contribution in [3.05, 3.63) is 35.5 Å². The number of hydrogen-bond acceptors (Lipinski definition) is 2. The van der Waals surface area contributed by atoms with Crippen LogP contribution in [0, 0.1) is 5.92 Å². The fourth-order valence-electron chi connectivity index (χ4n) is 1.34. The molecule has 2 rings (SSSR count). The Labute approximate surface area is 105 Å². The van der Waals surface area contributed by atoms with Gasteiger partial charge >= 0.3 is 6.03 Å². The second kappa shape index (κ2) is 5.10. The first-order valence-electron chi connectivity index (χ1n) is 5.44. The van der Waals surface area contributed by atoms with E-state index in [1.54, 1.807) is 24.4 Å². The summed E-state index contributed by atoms with van der Waals surface area (Å²) >= 11 is 5.93. The van der Waals surface area contributed by atoms with Crippen LogP contribution >= 0.6 is 11.6 Å². The normalized spacial score (nSPS) is 14.9. The van der Waals surface area contributed by atoms with Gasteiger partial charge in [-0.15, -0.1) is 0 Å². The zero-order valence-electron chi connectivity index (χ0n) is 9.24. The predicted octanol–water partition coefficient (Wildman–Crippen LogP) is 2.97. The lowest BCUT2D eigenvalue weighted by Crippen LogP contribution is -2.24. The minimum absolute atomic E-state index is 0.312. The number of anilines is 2. The quantitative estimate of drug-likeness (QED) is 0.723. The number of allylic oxidation sites excluding steroid dienone is 1. The number of nitrogens with two attached hydrogens (primary N) is 1. The van der Waals surface area contributed by atoms with Crippen LogP contribution in [0.25, 0.3) is 0 Å². The number of urea groups is 1. The van der Waals surface area contributed by atoms with E-state index in [0.717, 1.165) is 0 Å². The summed E-state index contributed by atoms with van der Waals surface area (Å²) in [6.45, 7) is 0. The van der Waals surface area contributed by atoms with Gasteiger partial charge in [0.25, 0.3) is 0 Å². The second-order valence-electron chi connectivity index (χ2n) is 4.03. The molecule has 5 heteroatoms. The van der Waals surface area contributed by atoms with E-state index >= 15 is 0 Å². The van der Waals surface area contributed by atoms with Gasteiger partial charge in [-0.05, 0) is 37.0 Å². The van der Waals surface area contributed by atoms with Gasteiger partial charge in [0.1, 0.15) is 0 Å². The third kappa shape index (κ3) is 3.67. The first-order valence-corrected chi connectivity index (χ1v) is 5.82. The van der Waals surface area contributed by atoms with Crippen LogP contribution in [0.4, 0.5) is 16.2 Å². The molecule has 17 heavy (non-hydrogen) atoms. The summed E-state index contributed by atoms with van der Waals surface area (Å²) in [5.74, 6) is 0.635. The molecule has 4 nitrogen and oxygen atoms in total. The molecule has 4 N–H and O–H groups in total. The highest BCUT2D eigenvalue weighted by molar-refractivity contribution is 6.34. The minimum Gasteiger partial charge on any atom is -0.399 e. The molecule has 1 saturated carbocycles. The molecule has 0 spiro atoms. The number of amides is 2. The van der Waals surface area contributed by atoms with E-state index in [-0.39, 0.29) is 6.03 Å². The Bertz CT molecular complexity index is 455. The first kappa shape index (κ1) is 11.8. The summed E-state index contributed by atoms with van der Waals surface area (Å²) in [4.78, 5) is 11.5. The van der Waals surface area contributed by atoms with Crippen molar-refractivity contribution in [1.29, 1.82) is 0 Å². The highest BCUT2D eigenvalue weighted by Gasteiger charge is 2.17. The standard InChI is InChI=1S/C12H14ClN3O/c13-10-7-9(14)3-4-11(10)16-12(17)15-6-5-8-1-2-8/h3-8H,1-2,14H2,(H2,15,16,17)/b6-5+. The average Bonchev–Trinajstić information content (AvgIpc) is 3.06. The summed E-state index contributed by atoms with van der Waals surface area (Å²) in [6.07, 6.45) is 6.08. The van der Waals surface area contributed by atoms with Crippen molar-refractivity contribution in [3.8, 4) is 0 Å². The Morgan fingerprint density at radius 2 is 2.24 bits per heavy atom. The molecular weight excluding hydrogens is 238 g/mol. The molecule has 0 bridgehead atoms. The third-order valence-corrected chi connectivity index (χ3v) is 2.76. The van der Waals surface area contributed by atoms with Gasteiger partial charge < -0.3 is 16.4 Å². The number of rotatable bonds is 3.